The van der Waals surface area contributed by atoms with Gasteiger partial charge >= 0.3 is 0 Å². The van der Waals surface area contributed by atoms with E-state index >= 15 is 0 Å². The second-order valence-electron chi connectivity index (χ2n) is 6.96. The molecule has 2 aromatic carbocycles. The molecular weight excluding hydrogens is 374 g/mol. The summed E-state index contributed by atoms with van der Waals surface area (Å²) < 4.78 is 5.21. The topological polar surface area (TPSA) is 67.5 Å². The zero-order chi connectivity index (χ0) is 20.9. The van der Waals surface area contributed by atoms with Gasteiger partial charge in [-0.1, -0.05) is 30.3 Å². The van der Waals surface area contributed by atoms with Crippen molar-refractivity contribution < 1.29 is 9.21 Å². The Labute approximate surface area is 174 Å². The van der Waals surface area contributed by atoms with Crippen molar-refractivity contribution in [3.8, 4) is 11.3 Å². The van der Waals surface area contributed by atoms with Crippen LogP contribution in [0.15, 0.2) is 82.5 Å². The third-order valence-electron chi connectivity index (χ3n) is 4.89. The molecule has 0 aliphatic rings. The number of para-hydroxylation sites is 1. The van der Waals surface area contributed by atoms with Gasteiger partial charge in [-0.2, -0.15) is 5.10 Å². The third-order valence-corrected chi connectivity index (χ3v) is 4.89. The van der Waals surface area contributed by atoms with Crippen molar-refractivity contribution in [1.82, 2.24) is 10.4 Å². The molecular formula is C25H21N3O2. The Morgan fingerprint density at radius 3 is 2.70 bits per heavy atom. The van der Waals surface area contributed by atoms with Gasteiger partial charge in [-0.05, 0) is 67.5 Å². The Kier molecular flexibility index (Phi) is 5.52. The number of carbonyl (C=O) groups excluding carboxylic acids is 1. The number of hydrogen-bond acceptors (Lipinski definition) is 4. The molecule has 4 aromatic rings. The molecule has 0 spiro atoms. The number of rotatable bonds is 5. The fourth-order valence-corrected chi connectivity index (χ4v) is 3.14. The average molecular weight is 395 g/mol. The summed E-state index contributed by atoms with van der Waals surface area (Å²) in [7, 11) is 0. The van der Waals surface area contributed by atoms with Crippen LogP contribution in [0, 0.1) is 13.8 Å². The number of aromatic nitrogens is 1. The standard InChI is InChI=1S/C25H21N3O2/c1-17-11-12-19(15-18(17)2)24-16-22(21-9-3-4-10-23(21)27-24)25(29)28-26-13-5-7-20-8-6-14-30-20/h3-16H,1-2H3,(H,28,29)/b7-5+,26-13-. The minimum Gasteiger partial charge on any atom is -0.465 e. The lowest BCUT2D eigenvalue weighted by atomic mass is 10.0. The van der Waals surface area contributed by atoms with Crippen LogP contribution < -0.4 is 5.43 Å². The third kappa shape index (κ3) is 4.20. The number of hydrogen-bond donors (Lipinski definition) is 1. The van der Waals surface area contributed by atoms with Crippen molar-refractivity contribution in [3.05, 3.63) is 95.5 Å². The van der Waals surface area contributed by atoms with Crippen molar-refractivity contribution in [2.45, 2.75) is 13.8 Å². The molecule has 2 heterocycles. The van der Waals surface area contributed by atoms with Crippen LogP contribution in [0.2, 0.25) is 0 Å². The van der Waals surface area contributed by atoms with Gasteiger partial charge in [0.15, 0.2) is 0 Å². The molecule has 0 saturated heterocycles. The van der Waals surface area contributed by atoms with Crippen LogP contribution in [0.1, 0.15) is 27.2 Å². The summed E-state index contributed by atoms with van der Waals surface area (Å²) in [5.41, 5.74) is 8.01. The summed E-state index contributed by atoms with van der Waals surface area (Å²) in [4.78, 5) is 17.6. The van der Waals surface area contributed by atoms with Crippen LogP contribution in [0.5, 0.6) is 0 Å². The minimum atomic E-state index is -0.290. The molecule has 0 saturated carbocycles. The highest BCUT2D eigenvalue weighted by atomic mass is 16.3. The molecule has 0 aliphatic carbocycles. The number of fused-ring (bicyclic) bond motifs is 1. The summed E-state index contributed by atoms with van der Waals surface area (Å²) in [6.45, 7) is 4.14. The molecule has 5 heteroatoms. The molecule has 0 aliphatic heterocycles. The Morgan fingerprint density at radius 2 is 1.90 bits per heavy atom. The Hall–Kier alpha value is -3.99. The van der Waals surface area contributed by atoms with Crippen molar-refractivity contribution >= 4 is 29.1 Å². The van der Waals surface area contributed by atoms with Crippen LogP contribution >= 0.6 is 0 Å². The van der Waals surface area contributed by atoms with Crippen molar-refractivity contribution in [1.29, 1.82) is 0 Å². The second kappa shape index (κ2) is 8.57. The van der Waals surface area contributed by atoms with Gasteiger partial charge in [-0.15, -0.1) is 0 Å². The van der Waals surface area contributed by atoms with E-state index in [1.165, 1.54) is 17.3 Å². The maximum Gasteiger partial charge on any atom is 0.272 e. The predicted molar refractivity (Wildman–Crippen MR) is 120 cm³/mol. The van der Waals surface area contributed by atoms with Gasteiger partial charge in [0, 0.05) is 17.2 Å². The van der Waals surface area contributed by atoms with Gasteiger partial charge in [-0.25, -0.2) is 10.4 Å². The number of aryl methyl sites for hydroxylation is 2. The molecule has 0 atom stereocenters. The molecule has 0 fully saturated rings. The first-order valence-electron chi connectivity index (χ1n) is 9.63. The highest BCUT2D eigenvalue weighted by Gasteiger charge is 2.13. The fourth-order valence-electron chi connectivity index (χ4n) is 3.14. The summed E-state index contributed by atoms with van der Waals surface area (Å²) >= 11 is 0. The normalized spacial score (nSPS) is 11.5. The van der Waals surface area contributed by atoms with Crippen LogP contribution in [-0.2, 0) is 0 Å². The first kappa shape index (κ1) is 19.3. The van der Waals surface area contributed by atoms with Crippen molar-refractivity contribution in [3.63, 3.8) is 0 Å². The molecule has 5 nitrogen and oxygen atoms in total. The number of allylic oxidation sites excluding steroid dienone is 1. The van der Waals surface area contributed by atoms with Crippen LogP contribution in [0.4, 0.5) is 0 Å². The summed E-state index contributed by atoms with van der Waals surface area (Å²) in [5, 5.41) is 4.79. The second-order valence-corrected chi connectivity index (χ2v) is 6.96. The number of amides is 1. The average Bonchev–Trinajstić information content (AvgIpc) is 3.28. The molecule has 30 heavy (non-hydrogen) atoms. The van der Waals surface area contributed by atoms with E-state index in [-0.39, 0.29) is 5.91 Å². The SMILES string of the molecule is Cc1ccc(-c2cc(C(=O)N/N=C\C=C\c3ccco3)c3ccccc3n2)cc1C. The van der Waals surface area contributed by atoms with Gasteiger partial charge in [0.2, 0.25) is 0 Å². The van der Waals surface area contributed by atoms with Crippen LogP contribution in [0.25, 0.3) is 28.2 Å². The molecule has 148 valence electrons. The van der Waals surface area contributed by atoms with E-state index in [1.807, 2.05) is 42.5 Å². The van der Waals surface area contributed by atoms with E-state index in [9.17, 15) is 4.79 Å². The summed E-state index contributed by atoms with van der Waals surface area (Å²) in [5.74, 6) is 0.423. The van der Waals surface area contributed by atoms with Gasteiger partial charge in [-0.3, -0.25) is 4.79 Å². The maximum atomic E-state index is 12.9. The number of pyridine rings is 1. The lowest BCUT2D eigenvalue weighted by Gasteiger charge is -2.10. The number of carbonyl (C=O) groups is 1. The molecule has 1 N–H and O–H groups in total. The predicted octanol–water partition coefficient (Wildman–Crippen LogP) is 5.54. The molecule has 0 radical (unpaired) electrons. The fraction of sp³-hybridized carbons (Fsp3) is 0.0800. The van der Waals surface area contributed by atoms with E-state index in [0.717, 1.165) is 22.2 Å². The smallest absolute Gasteiger partial charge is 0.272 e. The van der Waals surface area contributed by atoms with Gasteiger partial charge in [0.25, 0.3) is 5.91 Å². The molecule has 0 unspecified atom stereocenters. The van der Waals surface area contributed by atoms with Gasteiger partial charge < -0.3 is 4.42 Å². The monoisotopic (exact) mass is 395 g/mol. The maximum absolute atomic E-state index is 12.9. The number of furan rings is 1. The Balaban J connectivity index is 1.63. The highest BCUT2D eigenvalue weighted by Crippen LogP contribution is 2.26. The molecule has 0 bridgehead atoms. The lowest BCUT2D eigenvalue weighted by Crippen LogP contribution is -2.18. The van der Waals surface area contributed by atoms with Crippen molar-refractivity contribution in [2.24, 2.45) is 5.10 Å². The van der Waals surface area contributed by atoms with E-state index < -0.39 is 0 Å². The van der Waals surface area contributed by atoms with Crippen LogP contribution in [-0.4, -0.2) is 17.1 Å². The quantitative estimate of drug-likeness (QED) is 0.356. The molecule has 2 aromatic heterocycles. The van der Waals surface area contributed by atoms with E-state index in [1.54, 1.807) is 24.5 Å². The first-order chi connectivity index (χ1) is 14.6. The molecule has 4 rings (SSSR count). The summed E-state index contributed by atoms with van der Waals surface area (Å²) in [6, 6.07) is 19.2. The number of hydrazone groups is 1. The number of benzene rings is 2. The largest absolute Gasteiger partial charge is 0.465 e. The number of nitrogens with one attached hydrogen (secondary N) is 1. The Bertz CT molecular complexity index is 1250. The van der Waals surface area contributed by atoms with Crippen LogP contribution in [0.3, 0.4) is 0 Å². The first-order valence-corrected chi connectivity index (χ1v) is 9.63. The van der Waals surface area contributed by atoms with Gasteiger partial charge in [0.1, 0.15) is 5.76 Å². The Morgan fingerprint density at radius 1 is 1.03 bits per heavy atom. The van der Waals surface area contributed by atoms with Gasteiger partial charge in [0.05, 0.1) is 23.0 Å². The molecule has 1 amide bonds. The minimum absolute atomic E-state index is 0.290. The zero-order valence-electron chi connectivity index (χ0n) is 16.8. The zero-order valence-corrected chi connectivity index (χ0v) is 16.8. The summed E-state index contributed by atoms with van der Waals surface area (Å²) in [6.07, 6.45) is 6.56. The highest BCUT2D eigenvalue weighted by molar-refractivity contribution is 6.07. The van der Waals surface area contributed by atoms with E-state index in [2.05, 4.69) is 36.5 Å². The van der Waals surface area contributed by atoms with E-state index in [0.29, 0.717) is 11.3 Å². The lowest BCUT2D eigenvalue weighted by molar-refractivity contribution is 0.0957. The number of nitrogens with zero attached hydrogens (tertiary/aromatic N) is 2. The van der Waals surface area contributed by atoms with Crippen molar-refractivity contribution in [2.75, 3.05) is 0 Å². The van der Waals surface area contributed by atoms with E-state index in [4.69, 9.17) is 9.40 Å².